The van der Waals surface area contributed by atoms with E-state index >= 15 is 0 Å². The largest absolute Gasteiger partial charge is 0.484 e. The summed E-state index contributed by atoms with van der Waals surface area (Å²) >= 11 is 14.1. The number of rotatable bonds is 4. The van der Waals surface area contributed by atoms with Crippen LogP contribution in [-0.2, 0) is 0 Å². The molecule has 3 rings (SSSR count). The van der Waals surface area contributed by atoms with Crippen LogP contribution in [0.15, 0.2) is 66.1 Å². The molecule has 23 heavy (non-hydrogen) atoms. The third-order valence-corrected chi connectivity index (χ3v) is 5.89. The zero-order valence-corrected chi connectivity index (χ0v) is 18.2. The van der Waals surface area contributed by atoms with E-state index in [-0.39, 0.29) is 6.10 Å². The van der Waals surface area contributed by atoms with Gasteiger partial charge in [-0.2, -0.15) is 0 Å². The minimum Gasteiger partial charge on any atom is -0.484 e. The molecule has 0 saturated carbocycles. The Morgan fingerprint density at radius 1 is 0.783 bits per heavy atom. The Bertz CT molecular complexity index is 718. The van der Waals surface area contributed by atoms with Crippen molar-refractivity contribution in [2.75, 3.05) is 0 Å². The summed E-state index contributed by atoms with van der Waals surface area (Å²) in [6, 6.07) is 11.8. The minimum absolute atomic E-state index is 0.00117. The molecule has 0 saturated heterocycles. The summed E-state index contributed by atoms with van der Waals surface area (Å²) in [5.41, 5.74) is 0. The van der Waals surface area contributed by atoms with Crippen LogP contribution in [0.5, 0.6) is 11.5 Å². The van der Waals surface area contributed by atoms with E-state index in [1.54, 1.807) is 0 Å². The van der Waals surface area contributed by atoms with Crippen molar-refractivity contribution < 1.29 is 9.47 Å². The molecule has 0 spiro atoms. The summed E-state index contributed by atoms with van der Waals surface area (Å²) < 4.78 is 15.8. The Morgan fingerprint density at radius 2 is 1.30 bits per heavy atom. The van der Waals surface area contributed by atoms with E-state index in [9.17, 15) is 0 Å². The second-order valence-electron chi connectivity index (χ2n) is 5.03. The molecule has 2 nitrogen and oxygen atoms in total. The SMILES string of the molecule is Brc1cccc(Br)c1OC1=CC(Oc2c(Br)cccc2Br)CC1. The molecule has 6 heteroatoms. The predicted octanol–water partition coefficient (Wildman–Crippen LogP) is 7.24. The van der Waals surface area contributed by atoms with Crippen molar-refractivity contribution in [2.45, 2.75) is 18.9 Å². The van der Waals surface area contributed by atoms with Gasteiger partial charge in [0.2, 0.25) is 0 Å². The van der Waals surface area contributed by atoms with Crippen molar-refractivity contribution in [2.24, 2.45) is 0 Å². The molecule has 0 heterocycles. The van der Waals surface area contributed by atoms with Crippen LogP contribution in [0.2, 0.25) is 0 Å². The first-order valence-electron chi connectivity index (χ1n) is 6.98. The predicted molar refractivity (Wildman–Crippen MR) is 106 cm³/mol. The van der Waals surface area contributed by atoms with Gasteiger partial charge in [0.25, 0.3) is 0 Å². The van der Waals surface area contributed by atoms with Crippen molar-refractivity contribution in [3.8, 4) is 11.5 Å². The quantitative estimate of drug-likeness (QED) is 0.388. The summed E-state index contributed by atoms with van der Waals surface area (Å²) in [5.74, 6) is 2.53. The third-order valence-electron chi connectivity index (χ3n) is 3.39. The Labute approximate surface area is 168 Å². The lowest BCUT2D eigenvalue weighted by Gasteiger charge is -2.14. The fourth-order valence-electron chi connectivity index (χ4n) is 2.29. The lowest BCUT2D eigenvalue weighted by atomic mass is 10.3. The second-order valence-corrected chi connectivity index (χ2v) is 8.45. The number of hydrogen-bond donors (Lipinski definition) is 0. The number of hydrogen-bond acceptors (Lipinski definition) is 2. The van der Waals surface area contributed by atoms with Gasteiger partial charge in [-0.25, -0.2) is 0 Å². The van der Waals surface area contributed by atoms with E-state index in [0.29, 0.717) is 0 Å². The van der Waals surface area contributed by atoms with Gasteiger partial charge in [-0.3, -0.25) is 0 Å². The molecule has 2 aromatic rings. The molecule has 0 aliphatic heterocycles. The third kappa shape index (κ3) is 4.21. The van der Waals surface area contributed by atoms with Gasteiger partial charge in [0.1, 0.15) is 17.6 Å². The van der Waals surface area contributed by atoms with Crippen LogP contribution in [0.4, 0.5) is 0 Å². The van der Waals surface area contributed by atoms with Crippen LogP contribution in [0.3, 0.4) is 0 Å². The molecule has 1 aliphatic carbocycles. The van der Waals surface area contributed by atoms with Crippen LogP contribution in [-0.4, -0.2) is 6.10 Å². The van der Waals surface area contributed by atoms with Crippen LogP contribution < -0.4 is 9.47 Å². The molecule has 0 amide bonds. The first-order chi connectivity index (χ1) is 11.0. The molecule has 0 radical (unpaired) electrons. The van der Waals surface area contributed by atoms with E-state index in [1.807, 2.05) is 42.5 Å². The highest BCUT2D eigenvalue weighted by atomic mass is 79.9. The lowest BCUT2D eigenvalue weighted by molar-refractivity contribution is 0.245. The molecule has 1 unspecified atom stereocenters. The summed E-state index contributed by atoms with van der Waals surface area (Å²) in [6.07, 6.45) is 3.78. The first kappa shape index (κ1) is 17.5. The highest BCUT2D eigenvalue weighted by molar-refractivity contribution is 9.11. The maximum absolute atomic E-state index is 6.09. The molecule has 0 bridgehead atoms. The Hall–Kier alpha value is -0.300. The fourth-order valence-corrected chi connectivity index (χ4v) is 4.64. The van der Waals surface area contributed by atoms with Crippen molar-refractivity contribution in [3.05, 3.63) is 66.1 Å². The second kappa shape index (κ2) is 7.72. The van der Waals surface area contributed by atoms with Crippen molar-refractivity contribution >= 4 is 63.7 Å². The summed E-state index contributed by atoms with van der Waals surface area (Å²) in [4.78, 5) is 0. The van der Waals surface area contributed by atoms with Gasteiger partial charge in [0.15, 0.2) is 5.75 Å². The smallest absolute Gasteiger partial charge is 0.155 e. The zero-order chi connectivity index (χ0) is 16.4. The zero-order valence-electron chi connectivity index (χ0n) is 11.9. The Balaban J connectivity index is 1.74. The first-order valence-corrected chi connectivity index (χ1v) is 10.1. The average Bonchev–Trinajstić information content (AvgIpc) is 2.95. The molecule has 1 aliphatic rings. The van der Waals surface area contributed by atoms with E-state index in [0.717, 1.165) is 48.0 Å². The number of benzene rings is 2. The van der Waals surface area contributed by atoms with Gasteiger partial charge in [-0.15, -0.1) is 0 Å². The monoisotopic (exact) mass is 564 g/mol. The normalized spacial score (nSPS) is 17.0. The van der Waals surface area contributed by atoms with Gasteiger partial charge in [-0.1, -0.05) is 12.1 Å². The van der Waals surface area contributed by atoms with Gasteiger partial charge < -0.3 is 9.47 Å². The molecule has 0 fully saturated rings. The van der Waals surface area contributed by atoms with E-state index in [4.69, 9.17) is 9.47 Å². The van der Waals surface area contributed by atoms with Crippen LogP contribution >= 0.6 is 63.7 Å². The summed E-state index contributed by atoms with van der Waals surface area (Å²) in [5, 5.41) is 0. The maximum Gasteiger partial charge on any atom is 0.155 e. The van der Waals surface area contributed by atoms with Gasteiger partial charge in [0, 0.05) is 6.42 Å². The summed E-state index contributed by atoms with van der Waals surface area (Å²) in [6.45, 7) is 0. The van der Waals surface area contributed by atoms with Crippen LogP contribution in [0.1, 0.15) is 12.8 Å². The molecule has 0 aromatic heterocycles. The minimum atomic E-state index is 0.00117. The number of halogens is 4. The van der Waals surface area contributed by atoms with E-state index in [1.165, 1.54) is 0 Å². The van der Waals surface area contributed by atoms with Crippen LogP contribution in [0.25, 0.3) is 0 Å². The topological polar surface area (TPSA) is 18.5 Å². The highest BCUT2D eigenvalue weighted by Gasteiger charge is 2.22. The molecule has 120 valence electrons. The standard InChI is InChI=1S/C17H12Br4O2/c18-12-3-1-4-13(19)16(12)22-10-7-8-11(9-10)23-17-14(20)5-2-6-15(17)21/h1-6,9-10H,7-8H2. The Morgan fingerprint density at radius 3 is 1.87 bits per heavy atom. The van der Waals surface area contributed by atoms with Crippen LogP contribution in [0, 0.1) is 0 Å². The maximum atomic E-state index is 6.09. The van der Waals surface area contributed by atoms with E-state index < -0.39 is 0 Å². The molecule has 1 atom stereocenters. The van der Waals surface area contributed by atoms with Crippen molar-refractivity contribution in [1.82, 2.24) is 0 Å². The lowest BCUT2D eigenvalue weighted by Crippen LogP contribution is -2.10. The number of para-hydroxylation sites is 2. The molecule has 2 aromatic carbocycles. The van der Waals surface area contributed by atoms with E-state index in [2.05, 4.69) is 63.7 Å². The Kier molecular flexibility index (Phi) is 5.88. The van der Waals surface area contributed by atoms with Gasteiger partial charge in [-0.05, 0) is 100 Å². The van der Waals surface area contributed by atoms with Crippen molar-refractivity contribution in [1.29, 1.82) is 0 Å². The summed E-state index contributed by atoms with van der Waals surface area (Å²) in [7, 11) is 0. The van der Waals surface area contributed by atoms with Crippen molar-refractivity contribution in [3.63, 3.8) is 0 Å². The molecular formula is C17H12Br4O2. The fraction of sp³-hybridized carbons (Fsp3) is 0.176. The highest BCUT2D eigenvalue weighted by Crippen LogP contribution is 2.38. The van der Waals surface area contributed by atoms with Gasteiger partial charge in [0.05, 0.1) is 17.9 Å². The molecule has 0 N–H and O–H groups in total. The number of allylic oxidation sites excluding steroid dienone is 1. The number of ether oxygens (including phenoxy) is 2. The van der Waals surface area contributed by atoms with Gasteiger partial charge >= 0.3 is 0 Å². The molecular weight excluding hydrogens is 556 g/mol. The average molecular weight is 568 g/mol.